The molecule has 0 aliphatic rings. The maximum atomic E-state index is 12.0. The van der Waals surface area contributed by atoms with Crippen molar-refractivity contribution >= 4 is 5.91 Å². The van der Waals surface area contributed by atoms with Crippen molar-refractivity contribution < 1.29 is 14.6 Å². The Bertz CT molecular complexity index is 429. The van der Waals surface area contributed by atoms with Gasteiger partial charge in [0.1, 0.15) is 5.75 Å². The second kappa shape index (κ2) is 6.57. The molecule has 0 heterocycles. The molecule has 0 spiro atoms. The first-order valence-electron chi connectivity index (χ1n) is 6.55. The van der Waals surface area contributed by atoms with E-state index < -0.39 is 5.60 Å². The zero-order valence-corrected chi connectivity index (χ0v) is 12.1. The summed E-state index contributed by atoms with van der Waals surface area (Å²) in [5.41, 5.74) is -0.372. The third kappa shape index (κ3) is 4.24. The summed E-state index contributed by atoms with van der Waals surface area (Å²) < 4.78 is 5.08. The molecule has 2 N–H and O–H groups in total. The highest BCUT2D eigenvalue weighted by Crippen LogP contribution is 2.19. The first-order valence-corrected chi connectivity index (χ1v) is 6.55. The fraction of sp³-hybridized carbons (Fsp3) is 0.533. The molecule has 0 saturated carbocycles. The molecule has 0 fully saturated rings. The number of carbonyl (C=O) groups excluding carboxylic acids is 1. The standard InChI is InChI=1S/C15H23NO3/c1-5-11(2)15(3,18)10-16-14(17)12-7-6-8-13(9-12)19-4/h6-9,11,18H,5,10H2,1-4H3,(H,16,17). The molecule has 1 aromatic rings. The van der Waals surface area contributed by atoms with Crippen molar-refractivity contribution in [3.05, 3.63) is 29.8 Å². The van der Waals surface area contributed by atoms with E-state index in [9.17, 15) is 9.90 Å². The molecule has 19 heavy (non-hydrogen) atoms. The minimum Gasteiger partial charge on any atom is -0.497 e. The highest BCUT2D eigenvalue weighted by Gasteiger charge is 2.27. The van der Waals surface area contributed by atoms with Crippen LogP contribution in [-0.4, -0.2) is 30.3 Å². The van der Waals surface area contributed by atoms with Crippen LogP contribution in [0.1, 0.15) is 37.6 Å². The average Bonchev–Trinajstić information content (AvgIpc) is 2.43. The fourth-order valence-corrected chi connectivity index (χ4v) is 1.74. The molecule has 0 aliphatic carbocycles. The summed E-state index contributed by atoms with van der Waals surface area (Å²) in [5, 5.41) is 13.0. The van der Waals surface area contributed by atoms with Crippen molar-refractivity contribution in [2.24, 2.45) is 5.92 Å². The van der Waals surface area contributed by atoms with Crippen LogP contribution in [0.4, 0.5) is 0 Å². The summed E-state index contributed by atoms with van der Waals surface area (Å²) in [4.78, 5) is 12.0. The van der Waals surface area contributed by atoms with E-state index >= 15 is 0 Å². The van der Waals surface area contributed by atoms with Gasteiger partial charge in [-0.15, -0.1) is 0 Å². The zero-order chi connectivity index (χ0) is 14.5. The molecule has 0 radical (unpaired) electrons. The van der Waals surface area contributed by atoms with E-state index in [0.29, 0.717) is 11.3 Å². The Kier molecular flexibility index (Phi) is 5.36. The van der Waals surface area contributed by atoms with E-state index in [4.69, 9.17) is 4.74 Å². The molecule has 1 aromatic carbocycles. The highest BCUT2D eigenvalue weighted by molar-refractivity contribution is 5.94. The number of benzene rings is 1. The zero-order valence-electron chi connectivity index (χ0n) is 12.1. The van der Waals surface area contributed by atoms with Crippen molar-refractivity contribution in [3.63, 3.8) is 0 Å². The number of hydrogen-bond acceptors (Lipinski definition) is 3. The van der Waals surface area contributed by atoms with E-state index in [2.05, 4.69) is 5.32 Å². The Morgan fingerprint density at radius 1 is 1.53 bits per heavy atom. The molecule has 1 rings (SSSR count). The van der Waals surface area contributed by atoms with Crippen molar-refractivity contribution in [2.45, 2.75) is 32.8 Å². The summed E-state index contributed by atoms with van der Waals surface area (Å²) in [7, 11) is 1.56. The van der Waals surface area contributed by atoms with E-state index in [-0.39, 0.29) is 18.4 Å². The Morgan fingerprint density at radius 2 is 2.21 bits per heavy atom. The van der Waals surface area contributed by atoms with Crippen LogP contribution < -0.4 is 10.1 Å². The summed E-state index contributed by atoms with van der Waals surface area (Å²) in [6, 6.07) is 6.94. The quantitative estimate of drug-likeness (QED) is 0.829. The van der Waals surface area contributed by atoms with Crippen LogP contribution in [0.25, 0.3) is 0 Å². The summed E-state index contributed by atoms with van der Waals surface area (Å²) >= 11 is 0. The van der Waals surface area contributed by atoms with E-state index in [1.165, 1.54) is 0 Å². The number of ether oxygens (including phenoxy) is 1. The molecule has 0 aliphatic heterocycles. The van der Waals surface area contributed by atoms with Gasteiger partial charge in [-0.05, 0) is 31.0 Å². The molecule has 4 heteroatoms. The van der Waals surface area contributed by atoms with Gasteiger partial charge in [0.25, 0.3) is 5.91 Å². The second-order valence-electron chi connectivity index (χ2n) is 5.08. The summed E-state index contributed by atoms with van der Waals surface area (Å²) in [6.07, 6.45) is 0.863. The third-order valence-corrected chi connectivity index (χ3v) is 3.61. The number of aliphatic hydroxyl groups is 1. The maximum absolute atomic E-state index is 12.0. The van der Waals surface area contributed by atoms with Gasteiger partial charge in [-0.3, -0.25) is 4.79 Å². The minimum absolute atomic E-state index is 0.123. The van der Waals surface area contributed by atoms with Crippen LogP contribution in [0.15, 0.2) is 24.3 Å². The average molecular weight is 265 g/mol. The lowest BCUT2D eigenvalue weighted by molar-refractivity contribution is 0.00592. The van der Waals surface area contributed by atoms with Gasteiger partial charge in [-0.1, -0.05) is 26.3 Å². The van der Waals surface area contributed by atoms with Crippen LogP contribution in [0, 0.1) is 5.92 Å². The first kappa shape index (κ1) is 15.5. The number of carbonyl (C=O) groups is 1. The number of rotatable bonds is 6. The minimum atomic E-state index is -0.900. The Balaban J connectivity index is 2.65. The predicted octanol–water partition coefficient (Wildman–Crippen LogP) is 2.22. The number of hydrogen-bond donors (Lipinski definition) is 2. The normalized spacial score (nSPS) is 15.4. The third-order valence-electron chi connectivity index (χ3n) is 3.61. The van der Waals surface area contributed by atoms with Crippen LogP contribution >= 0.6 is 0 Å². The smallest absolute Gasteiger partial charge is 0.251 e. The summed E-state index contributed by atoms with van der Waals surface area (Å²) in [5.74, 6) is 0.557. The van der Waals surface area contributed by atoms with Crippen molar-refractivity contribution in [1.82, 2.24) is 5.32 Å². The highest BCUT2D eigenvalue weighted by atomic mass is 16.5. The van der Waals surface area contributed by atoms with E-state index in [1.807, 2.05) is 13.8 Å². The van der Waals surface area contributed by atoms with Gasteiger partial charge in [0.15, 0.2) is 0 Å². The van der Waals surface area contributed by atoms with Crippen molar-refractivity contribution in [2.75, 3.05) is 13.7 Å². The Hall–Kier alpha value is -1.55. The number of methoxy groups -OCH3 is 1. The van der Waals surface area contributed by atoms with Gasteiger partial charge in [0, 0.05) is 12.1 Å². The van der Waals surface area contributed by atoms with Gasteiger partial charge in [-0.25, -0.2) is 0 Å². The van der Waals surface area contributed by atoms with E-state index in [0.717, 1.165) is 6.42 Å². The molecular formula is C15H23NO3. The number of nitrogens with one attached hydrogen (secondary N) is 1. The largest absolute Gasteiger partial charge is 0.497 e. The van der Waals surface area contributed by atoms with Gasteiger partial charge in [-0.2, -0.15) is 0 Å². The lowest BCUT2D eigenvalue weighted by atomic mass is 9.88. The van der Waals surface area contributed by atoms with Gasteiger partial charge in [0.05, 0.1) is 12.7 Å². The number of amides is 1. The monoisotopic (exact) mass is 265 g/mol. The van der Waals surface area contributed by atoms with Crippen molar-refractivity contribution in [1.29, 1.82) is 0 Å². The van der Waals surface area contributed by atoms with Gasteiger partial charge in [0.2, 0.25) is 0 Å². The first-order chi connectivity index (χ1) is 8.90. The molecule has 0 bridgehead atoms. The lowest BCUT2D eigenvalue weighted by Gasteiger charge is -2.29. The van der Waals surface area contributed by atoms with Crippen molar-refractivity contribution in [3.8, 4) is 5.75 Å². The molecule has 106 valence electrons. The molecular weight excluding hydrogens is 242 g/mol. The predicted molar refractivity (Wildman–Crippen MR) is 75.4 cm³/mol. The topological polar surface area (TPSA) is 58.6 Å². The second-order valence-corrected chi connectivity index (χ2v) is 5.08. The Labute approximate surface area is 114 Å². The fourth-order valence-electron chi connectivity index (χ4n) is 1.74. The molecule has 4 nitrogen and oxygen atoms in total. The summed E-state index contributed by atoms with van der Waals surface area (Å²) in [6.45, 7) is 5.96. The molecule has 2 atom stereocenters. The van der Waals surface area contributed by atoms with Gasteiger partial charge < -0.3 is 15.2 Å². The SMILES string of the molecule is CCC(C)C(C)(O)CNC(=O)c1cccc(OC)c1. The van der Waals surface area contributed by atoms with Crippen LogP contribution in [0.5, 0.6) is 5.75 Å². The molecule has 1 amide bonds. The maximum Gasteiger partial charge on any atom is 0.251 e. The molecule has 2 unspecified atom stereocenters. The van der Waals surface area contributed by atoms with Crippen LogP contribution in [0.2, 0.25) is 0 Å². The Morgan fingerprint density at radius 3 is 2.79 bits per heavy atom. The van der Waals surface area contributed by atoms with Crippen LogP contribution in [0.3, 0.4) is 0 Å². The van der Waals surface area contributed by atoms with Crippen LogP contribution in [-0.2, 0) is 0 Å². The van der Waals surface area contributed by atoms with Gasteiger partial charge >= 0.3 is 0 Å². The molecule has 0 saturated heterocycles. The molecule has 0 aromatic heterocycles. The lowest BCUT2D eigenvalue weighted by Crippen LogP contribution is -2.45. The van der Waals surface area contributed by atoms with E-state index in [1.54, 1.807) is 38.3 Å².